The van der Waals surface area contributed by atoms with Crippen LogP contribution in [0.4, 0.5) is 5.95 Å². The molecule has 0 fully saturated rings. The molecule has 110 valence electrons. The molecule has 0 aliphatic rings. The molecular formula is C14H14Cl2N4O. The third kappa shape index (κ3) is 6.30. The number of alkyl halides is 2. The Kier molecular flexibility index (Phi) is 7.30. The lowest BCUT2D eigenvalue weighted by molar-refractivity contribution is 0.413. The first-order chi connectivity index (χ1) is 10.1. The van der Waals surface area contributed by atoms with Gasteiger partial charge in [0, 0.05) is 17.5 Å². The quantitative estimate of drug-likeness (QED) is 0.644. The molecule has 2 heterocycles. The minimum atomic E-state index is 0.194. The van der Waals surface area contributed by atoms with E-state index in [-0.39, 0.29) is 11.3 Å². The van der Waals surface area contributed by atoms with Gasteiger partial charge in [-0.2, -0.15) is 0 Å². The molecule has 5 nitrogen and oxygen atoms in total. The van der Waals surface area contributed by atoms with Gasteiger partial charge in [0.15, 0.2) is 0 Å². The maximum Gasteiger partial charge on any atom is 0.221 e. The lowest BCUT2D eigenvalue weighted by Crippen LogP contribution is -1.98. The van der Waals surface area contributed by atoms with E-state index >= 15 is 0 Å². The van der Waals surface area contributed by atoms with Crippen molar-refractivity contribution in [3.63, 3.8) is 0 Å². The number of hydrogen-bond donors (Lipinski definition) is 1. The van der Waals surface area contributed by atoms with Crippen LogP contribution in [-0.4, -0.2) is 27.4 Å². The van der Waals surface area contributed by atoms with E-state index in [1.165, 1.54) is 0 Å². The first kappa shape index (κ1) is 17.0. The fraction of sp³-hybridized carbons (Fsp3) is 0.214. The van der Waals surface area contributed by atoms with Crippen LogP contribution in [0.2, 0.25) is 0 Å². The normalized spacial score (nSPS) is 8.95. The van der Waals surface area contributed by atoms with Crippen molar-refractivity contribution in [1.82, 2.24) is 15.0 Å². The van der Waals surface area contributed by atoms with Gasteiger partial charge in [0.25, 0.3) is 0 Å². The minimum Gasteiger partial charge on any atom is -0.495 e. The second-order valence-corrected chi connectivity index (χ2v) is 4.53. The van der Waals surface area contributed by atoms with E-state index < -0.39 is 0 Å². The van der Waals surface area contributed by atoms with Crippen LogP contribution in [0.15, 0.2) is 24.5 Å². The Hall–Kier alpha value is -2.03. The molecule has 0 spiro atoms. The van der Waals surface area contributed by atoms with Gasteiger partial charge in [0.05, 0.1) is 18.6 Å². The SMILES string of the molecule is COc1cncc(C#Cc2cc(C)nc(N)n2)c1.ClCCl. The maximum atomic E-state index is 5.55. The van der Waals surface area contributed by atoms with E-state index in [4.69, 9.17) is 33.7 Å². The average molecular weight is 325 g/mol. The third-order valence-corrected chi connectivity index (χ3v) is 2.16. The lowest BCUT2D eigenvalue weighted by Gasteiger charge is -1.98. The Labute approximate surface area is 133 Å². The number of halogens is 2. The number of ether oxygens (including phenoxy) is 1. The Balaban J connectivity index is 0.000000677. The van der Waals surface area contributed by atoms with Gasteiger partial charge in [-0.1, -0.05) is 5.92 Å². The number of nitrogen functional groups attached to an aromatic ring is 1. The molecule has 0 atom stereocenters. The Bertz CT molecular complexity index is 633. The summed E-state index contributed by atoms with van der Waals surface area (Å²) >= 11 is 9.53. The highest BCUT2D eigenvalue weighted by atomic mass is 35.5. The summed E-state index contributed by atoms with van der Waals surface area (Å²) in [6.45, 7) is 1.84. The summed E-state index contributed by atoms with van der Waals surface area (Å²) < 4.78 is 5.07. The van der Waals surface area contributed by atoms with Crippen molar-refractivity contribution in [3.8, 4) is 17.6 Å². The van der Waals surface area contributed by atoms with Gasteiger partial charge in [0.1, 0.15) is 11.4 Å². The summed E-state index contributed by atoms with van der Waals surface area (Å²) in [6.07, 6.45) is 3.28. The highest BCUT2D eigenvalue weighted by Gasteiger charge is 1.96. The van der Waals surface area contributed by atoms with Crippen molar-refractivity contribution in [2.24, 2.45) is 0 Å². The molecule has 0 amide bonds. The summed E-state index contributed by atoms with van der Waals surface area (Å²) in [7, 11) is 1.59. The zero-order chi connectivity index (χ0) is 15.7. The smallest absolute Gasteiger partial charge is 0.221 e. The zero-order valence-electron chi connectivity index (χ0n) is 11.6. The Morgan fingerprint density at radius 2 is 1.90 bits per heavy atom. The number of nitrogens with zero attached hydrogens (tertiary/aromatic N) is 3. The molecule has 2 N–H and O–H groups in total. The van der Waals surface area contributed by atoms with Crippen molar-refractivity contribution in [2.45, 2.75) is 6.92 Å². The van der Waals surface area contributed by atoms with E-state index in [9.17, 15) is 0 Å². The first-order valence-corrected chi connectivity index (χ1v) is 6.90. The number of methoxy groups -OCH3 is 1. The number of rotatable bonds is 1. The van der Waals surface area contributed by atoms with Crippen LogP contribution in [0.1, 0.15) is 17.0 Å². The van der Waals surface area contributed by atoms with Gasteiger partial charge >= 0.3 is 0 Å². The molecule has 2 aromatic heterocycles. The number of aryl methyl sites for hydroxylation is 1. The van der Waals surface area contributed by atoms with E-state index in [2.05, 4.69) is 26.8 Å². The fourth-order valence-corrected chi connectivity index (χ4v) is 1.39. The van der Waals surface area contributed by atoms with E-state index in [1.54, 1.807) is 31.6 Å². The minimum absolute atomic E-state index is 0.194. The highest BCUT2D eigenvalue weighted by Crippen LogP contribution is 2.09. The largest absolute Gasteiger partial charge is 0.495 e. The maximum absolute atomic E-state index is 5.55. The summed E-state index contributed by atoms with van der Waals surface area (Å²) in [5, 5.41) is 0.194. The third-order valence-electron chi connectivity index (χ3n) is 2.16. The van der Waals surface area contributed by atoms with Crippen LogP contribution in [0.25, 0.3) is 0 Å². The van der Waals surface area contributed by atoms with Crippen molar-refractivity contribution in [1.29, 1.82) is 0 Å². The van der Waals surface area contributed by atoms with Crippen LogP contribution in [0, 0.1) is 18.8 Å². The van der Waals surface area contributed by atoms with Gasteiger partial charge in [-0.25, -0.2) is 9.97 Å². The molecule has 0 saturated heterocycles. The predicted molar refractivity (Wildman–Crippen MR) is 84.5 cm³/mol. The number of anilines is 1. The second kappa shape index (κ2) is 9.01. The van der Waals surface area contributed by atoms with Gasteiger partial charge in [0.2, 0.25) is 5.95 Å². The van der Waals surface area contributed by atoms with Crippen LogP contribution in [-0.2, 0) is 0 Å². The van der Waals surface area contributed by atoms with Crippen molar-refractivity contribution >= 4 is 29.2 Å². The molecular weight excluding hydrogens is 311 g/mol. The molecule has 2 aromatic rings. The lowest BCUT2D eigenvalue weighted by atomic mass is 10.2. The number of aromatic nitrogens is 3. The topological polar surface area (TPSA) is 73.9 Å². The van der Waals surface area contributed by atoms with Gasteiger partial charge < -0.3 is 10.5 Å². The van der Waals surface area contributed by atoms with Crippen molar-refractivity contribution in [3.05, 3.63) is 41.5 Å². The van der Waals surface area contributed by atoms with Crippen molar-refractivity contribution in [2.75, 3.05) is 18.2 Å². The van der Waals surface area contributed by atoms with Crippen LogP contribution < -0.4 is 10.5 Å². The van der Waals surface area contributed by atoms with Crippen LogP contribution >= 0.6 is 23.2 Å². The number of hydrogen-bond acceptors (Lipinski definition) is 5. The van der Waals surface area contributed by atoms with E-state index in [1.807, 2.05) is 6.92 Å². The van der Waals surface area contributed by atoms with E-state index in [0.29, 0.717) is 11.4 Å². The van der Waals surface area contributed by atoms with E-state index in [0.717, 1.165) is 11.3 Å². The Morgan fingerprint density at radius 3 is 2.52 bits per heavy atom. The molecule has 0 aliphatic carbocycles. The standard InChI is InChI=1S/C13H12N4O.CH2Cl2/c1-9-5-11(17-13(14)16-9)4-3-10-6-12(18-2)8-15-7-10;2-1-3/h5-8H,1-2H3,(H2,14,16,17);1H2. The molecule has 0 bridgehead atoms. The first-order valence-electron chi connectivity index (χ1n) is 5.83. The summed E-state index contributed by atoms with van der Waals surface area (Å²) in [5.74, 6) is 6.76. The summed E-state index contributed by atoms with van der Waals surface area (Å²) in [5.41, 5.74) is 7.68. The van der Waals surface area contributed by atoms with Crippen LogP contribution in [0.5, 0.6) is 5.75 Å². The second-order valence-electron chi connectivity index (χ2n) is 3.72. The van der Waals surface area contributed by atoms with Gasteiger partial charge in [-0.05, 0) is 25.0 Å². The molecule has 21 heavy (non-hydrogen) atoms. The highest BCUT2D eigenvalue weighted by molar-refractivity contribution is 6.40. The molecule has 0 unspecified atom stereocenters. The van der Waals surface area contributed by atoms with Gasteiger partial charge in [-0.15, -0.1) is 23.2 Å². The van der Waals surface area contributed by atoms with Gasteiger partial charge in [-0.3, -0.25) is 4.98 Å². The molecule has 0 radical (unpaired) electrons. The van der Waals surface area contributed by atoms with Crippen molar-refractivity contribution < 1.29 is 4.74 Å². The summed E-state index contributed by atoms with van der Waals surface area (Å²) in [4.78, 5) is 12.0. The fourth-order valence-electron chi connectivity index (χ4n) is 1.39. The van der Waals surface area contributed by atoms with Crippen LogP contribution in [0.3, 0.4) is 0 Å². The molecule has 0 aromatic carbocycles. The molecule has 7 heteroatoms. The molecule has 2 rings (SSSR count). The number of nitrogens with two attached hydrogens (primary N) is 1. The predicted octanol–water partition coefficient (Wildman–Crippen LogP) is 2.59. The number of pyridine rings is 1. The molecule has 0 aliphatic heterocycles. The monoisotopic (exact) mass is 324 g/mol. The summed E-state index contributed by atoms with van der Waals surface area (Å²) in [6, 6.07) is 3.58. The molecule has 0 saturated carbocycles. The average Bonchev–Trinajstić information content (AvgIpc) is 2.45. The Morgan fingerprint density at radius 1 is 1.19 bits per heavy atom. The zero-order valence-corrected chi connectivity index (χ0v) is 13.1.